The van der Waals surface area contributed by atoms with Gasteiger partial charge in [0.05, 0.1) is 45.4 Å². The molecule has 5 aliphatic rings. The number of sulfone groups is 1. The number of allylic oxidation sites excluding steroid dienone is 1. The molecule has 4 fully saturated rings. The number of thiazole rings is 1. The normalized spacial score (nSPS) is 20.4. The van der Waals surface area contributed by atoms with Crippen LogP contribution in [0.2, 0.25) is 5.02 Å². The average molecular weight is 1680 g/mol. The number of amides is 5. The number of aliphatic hydroxyl groups excluding tert-OH is 1. The molecule has 5 amide bonds. The lowest BCUT2D eigenvalue weighted by Crippen LogP contribution is -2.57. The van der Waals surface area contributed by atoms with Gasteiger partial charge in [0.25, 0.3) is 31.7 Å². The summed E-state index contributed by atoms with van der Waals surface area (Å²) < 4.78 is 128. The standard InChI is InChI=1S/C83H105ClF5N11O10S4/c1-56(58-19-21-60(22-20-58)75-57(2)90-55-112-75)91-78(105)71-47-66(101)51-100(71)79(106)76(80(3,4)5)93-73(102)17-12-7-8-13-18-74(103)99-45-41-97(42-46-99)53-81(6)36-33-69(59-23-27-63(84)28-24-59)62(49-81)50-95-39-43-98(44-40-95)65-29-25-61(26-30-65)77(104)94-114(109,110)68-31-32-70(72(48-68)113(107,108)83(87,88)89)92-64(52-111-67-15-10-9-11-16-67)34-38-96-37-14-35-82(85,86)54-96/h9-11,15-16,19-32,48,55-56,64,66,71,76,92,101H,7-8,12-14,17-18,33-47,49-54H2,1-6H3,(H,91,105)(H,93,102)(H,94,104)/t56-,64+,66+,71-,76+,81+/m0/s1. The highest BCUT2D eigenvalue weighted by Gasteiger charge is 2.49. The van der Waals surface area contributed by atoms with Gasteiger partial charge in [-0.1, -0.05) is 112 Å². The molecule has 4 saturated heterocycles. The minimum absolute atomic E-state index is 0.0262. The van der Waals surface area contributed by atoms with Crippen LogP contribution >= 0.6 is 34.7 Å². The van der Waals surface area contributed by atoms with Gasteiger partial charge in [0.2, 0.25) is 23.6 Å². The zero-order chi connectivity index (χ0) is 81.9. The highest BCUT2D eigenvalue weighted by Crippen LogP contribution is 2.45. The van der Waals surface area contributed by atoms with E-state index >= 15 is 0 Å². The van der Waals surface area contributed by atoms with E-state index in [1.54, 1.807) is 58.7 Å². The van der Waals surface area contributed by atoms with E-state index in [9.17, 15) is 67.9 Å². The summed E-state index contributed by atoms with van der Waals surface area (Å²) in [7, 11) is -11.2. The molecule has 21 nitrogen and oxygen atoms in total. The summed E-state index contributed by atoms with van der Waals surface area (Å²) in [5.74, 6) is -4.80. The van der Waals surface area contributed by atoms with E-state index in [4.69, 9.17) is 11.6 Å². The monoisotopic (exact) mass is 1670 g/mol. The number of alkyl halides is 5. The van der Waals surface area contributed by atoms with Crippen LogP contribution in [0, 0.1) is 17.8 Å². The fourth-order valence-corrected chi connectivity index (χ4v) is 19.9. The lowest BCUT2D eigenvalue weighted by molar-refractivity contribution is -0.144. The van der Waals surface area contributed by atoms with Crippen molar-refractivity contribution in [1.82, 2.24) is 44.8 Å². The highest BCUT2D eigenvalue weighted by atomic mass is 35.5. The van der Waals surface area contributed by atoms with Gasteiger partial charge >= 0.3 is 5.51 Å². The Morgan fingerprint density at radius 2 is 1.44 bits per heavy atom. The van der Waals surface area contributed by atoms with Crippen LogP contribution in [-0.4, -0.2) is 214 Å². The lowest BCUT2D eigenvalue weighted by Gasteiger charge is -2.44. The number of rotatable bonds is 31. The number of unbranched alkanes of at least 4 members (excludes halogenated alkanes) is 3. The van der Waals surface area contributed by atoms with Crippen molar-refractivity contribution in [1.29, 1.82) is 0 Å². The average Bonchev–Trinajstić information content (AvgIpc) is 0.877. The molecule has 618 valence electrons. The second kappa shape index (κ2) is 37.8. The van der Waals surface area contributed by atoms with Crippen LogP contribution in [0.15, 0.2) is 147 Å². The molecule has 1 aromatic heterocycles. The number of anilines is 2. The summed E-state index contributed by atoms with van der Waals surface area (Å²) in [5, 5.41) is 20.3. The van der Waals surface area contributed by atoms with E-state index in [-0.39, 0.29) is 85.7 Å². The Morgan fingerprint density at radius 3 is 2.09 bits per heavy atom. The molecule has 5 heterocycles. The molecule has 11 rings (SSSR count). The SMILES string of the molecule is Cc1ncsc1-c1ccc([C@H](C)NC(=O)[C@@H]2C[C@@H](O)CN2C(=O)[C@@H](NC(=O)CCCCCCC(=O)N2CCN(C[C@]3(C)CCC(c4ccc(Cl)cc4)=C(CN4CCN(c5ccc(C(=O)NS(=O)(=O)c6ccc(N[C@H](CCN7CCCC(F)(F)C7)CSc7ccccc7)c(S(=O)(=O)C(F)(F)F)c6)cc5)CC4)C3)CC2)C(C)(C)C)cc1. The van der Waals surface area contributed by atoms with E-state index in [1.807, 2.05) is 86.1 Å². The predicted octanol–water partition coefficient (Wildman–Crippen LogP) is 13.5. The number of hydrogen-bond acceptors (Lipinski definition) is 18. The number of halogens is 6. The van der Waals surface area contributed by atoms with Gasteiger partial charge in [-0.2, -0.15) is 13.2 Å². The number of nitrogens with one attached hydrogen (secondary N) is 4. The number of carbonyl (C=O) groups is 5. The zero-order valence-electron chi connectivity index (χ0n) is 65.5. The molecule has 0 radical (unpaired) electrons. The topological polar surface area (TPSA) is 254 Å². The van der Waals surface area contributed by atoms with Crippen LogP contribution in [0.25, 0.3) is 16.0 Å². The van der Waals surface area contributed by atoms with Gasteiger partial charge in [0.15, 0.2) is 0 Å². The third kappa shape index (κ3) is 23.0. The first-order valence-electron chi connectivity index (χ1n) is 39.2. The Hall–Kier alpha value is -7.55. The Labute approximate surface area is 679 Å². The van der Waals surface area contributed by atoms with Crippen molar-refractivity contribution < 1.29 is 67.9 Å². The van der Waals surface area contributed by atoms with Gasteiger partial charge in [0, 0.05) is 137 Å². The van der Waals surface area contributed by atoms with E-state index in [1.165, 1.54) is 39.9 Å². The highest BCUT2D eigenvalue weighted by molar-refractivity contribution is 7.99. The second-order valence-corrected chi connectivity index (χ2v) is 38.3. The summed E-state index contributed by atoms with van der Waals surface area (Å²) in [5.41, 5.74) is 2.01. The third-order valence-corrected chi connectivity index (χ3v) is 27.6. The molecule has 31 heteroatoms. The Bertz CT molecular complexity index is 4600. The molecule has 6 aromatic rings. The number of sulfonamides is 1. The third-order valence-electron chi connectivity index (χ3n) is 22.4. The Morgan fingerprint density at radius 1 is 0.772 bits per heavy atom. The number of piperazine rings is 2. The molecule has 0 saturated carbocycles. The number of piperidine rings is 1. The summed E-state index contributed by atoms with van der Waals surface area (Å²) in [6, 6.07) is 30.3. The molecule has 1 aliphatic carbocycles. The summed E-state index contributed by atoms with van der Waals surface area (Å²) in [4.78, 5) is 84.8. The maximum atomic E-state index is 14.4. The van der Waals surface area contributed by atoms with Crippen LogP contribution in [0.5, 0.6) is 0 Å². The summed E-state index contributed by atoms with van der Waals surface area (Å²) >= 11 is 9.27. The van der Waals surface area contributed by atoms with Gasteiger partial charge in [-0.3, -0.25) is 38.7 Å². The molecule has 0 bridgehead atoms. The number of nitrogens with zero attached hydrogens (tertiary/aromatic N) is 7. The van der Waals surface area contributed by atoms with Gasteiger partial charge in [-0.15, -0.1) is 23.1 Å². The molecular weight excluding hydrogens is 1570 g/mol. The van der Waals surface area contributed by atoms with E-state index in [0.717, 1.165) is 108 Å². The number of hydrogen-bond donors (Lipinski definition) is 5. The minimum atomic E-state index is -6.21. The number of β-amino-alcohol motifs (C(OH)–C–C–N with tert-alkyl or cyclic N) is 1. The molecule has 5 aromatic carbocycles. The zero-order valence-corrected chi connectivity index (χ0v) is 69.5. The van der Waals surface area contributed by atoms with Crippen LogP contribution in [0.1, 0.15) is 151 Å². The molecule has 4 aliphatic heterocycles. The van der Waals surface area contributed by atoms with E-state index < -0.39 is 94.8 Å². The molecule has 0 spiro atoms. The first kappa shape index (κ1) is 87.3. The quantitative estimate of drug-likeness (QED) is 0.0154. The number of aryl methyl sites for hydroxylation is 1. The Kier molecular flexibility index (Phi) is 28.9. The summed E-state index contributed by atoms with van der Waals surface area (Å²) in [6.07, 6.45) is 5.34. The van der Waals surface area contributed by atoms with Crippen LogP contribution in [0.4, 0.5) is 33.3 Å². The fraction of sp³-hybridized carbons (Fsp3) is 0.518. The number of thioether (sulfide) groups is 1. The lowest BCUT2D eigenvalue weighted by atomic mass is 9.71. The van der Waals surface area contributed by atoms with Crippen molar-refractivity contribution >= 4 is 101 Å². The molecule has 6 atom stereocenters. The maximum Gasteiger partial charge on any atom is 0.501 e. The van der Waals surface area contributed by atoms with Crippen molar-refractivity contribution in [3.63, 3.8) is 0 Å². The first-order valence-corrected chi connectivity index (χ1v) is 44.4. The second-order valence-electron chi connectivity index (χ2n) is 32.4. The van der Waals surface area contributed by atoms with Crippen molar-refractivity contribution in [3.8, 4) is 10.4 Å². The van der Waals surface area contributed by atoms with Crippen LogP contribution in [-0.2, 0) is 39.0 Å². The van der Waals surface area contributed by atoms with Gasteiger partial charge < -0.3 is 35.8 Å². The van der Waals surface area contributed by atoms with Gasteiger partial charge in [-0.25, -0.2) is 35.3 Å². The predicted molar refractivity (Wildman–Crippen MR) is 437 cm³/mol. The number of aliphatic hydroxyl groups is 1. The van der Waals surface area contributed by atoms with Crippen molar-refractivity contribution in [3.05, 3.63) is 160 Å². The molecule has 114 heavy (non-hydrogen) atoms. The Balaban J connectivity index is 0.623. The van der Waals surface area contributed by atoms with Crippen molar-refractivity contribution in [2.24, 2.45) is 10.8 Å². The van der Waals surface area contributed by atoms with Crippen LogP contribution < -0.4 is 25.6 Å². The minimum Gasteiger partial charge on any atom is -0.391 e. The van der Waals surface area contributed by atoms with Gasteiger partial charge in [-0.05, 0) is 165 Å². The smallest absolute Gasteiger partial charge is 0.391 e. The summed E-state index contributed by atoms with van der Waals surface area (Å²) in [6.45, 7) is 18.8. The van der Waals surface area contributed by atoms with Crippen molar-refractivity contribution in [2.45, 2.75) is 181 Å². The number of likely N-dealkylation sites (tertiary alicyclic amines) is 2. The molecular formula is C83H105ClF5N11O10S4. The fourth-order valence-electron chi connectivity index (χ4n) is 16.0. The molecule has 0 unspecified atom stereocenters. The van der Waals surface area contributed by atoms with E-state index in [2.05, 4.69) is 54.7 Å². The number of carbonyl (C=O) groups excluding carboxylic acids is 5. The van der Waals surface area contributed by atoms with E-state index in [0.29, 0.717) is 76.2 Å². The number of aromatic nitrogens is 1. The first-order chi connectivity index (χ1) is 54.0. The van der Waals surface area contributed by atoms with Crippen molar-refractivity contribution in [2.75, 3.05) is 108 Å². The largest absolute Gasteiger partial charge is 0.501 e. The number of benzene rings is 5. The molecule has 5 N–H and O–H groups in total. The maximum absolute atomic E-state index is 14.4. The van der Waals surface area contributed by atoms with Crippen LogP contribution in [0.3, 0.4) is 0 Å². The van der Waals surface area contributed by atoms with Gasteiger partial charge in [0.1, 0.15) is 17.0 Å².